The highest BCUT2D eigenvalue weighted by Crippen LogP contribution is 1.86. The molecule has 0 bridgehead atoms. The van der Waals surface area contributed by atoms with Gasteiger partial charge in [-0.3, -0.25) is 0 Å². The molecule has 0 fully saturated rings. The van der Waals surface area contributed by atoms with E-state index in [2.05, 4.69) is 24.1 Å². The quantitative estimate of drug-likeness (QED) is 0.540. The van der Waals surface area contributed by atoms with E-state index in [1.54, 1.807) is 0 Å². The summed E-state index contributed by atoms with van der Waals surface area (Å²) < 4.78 is 0. The van der Waals surface area contributed by atoms with Gasteiger partial charge in [0.2, 0.25) is 0 Å². The van der Waals surface area contributed by atoms with E-state index in [-0.39, 0.29) is 6.61 Å². The third kappa shape index (κ3) is 7.98. The maximum absolute atomic E-state index is 8.62. The van der Waals surface area contributed by atoms with E-state index in [0.717, 1.165) is 26.2 Å². The van der Waals surface area contributed by atoms with E-state index in [0.29, 0.717) is 5.92 Å². The van der Waals surface area contributed by atoms with Crippen LogP contribution in [0, 0.1) is 5.92 Å². The van der Waals surface area contributed by atoms with Crippen molar-refractivity contribution < 1.29 is 5.11 Å². The normalized spacial score (nSPS) is 11.5. The van der Waals surface area contributed by atoms with Gasteiger partial charge in [-0.05, 0) is 19.5 Å². The summed E-state index contributed by atoms with van der Waals surface area (Å²) in [5.74, 6) is 0.716. The van der Waals surface area contributed by atoms with Crippen LogP contribution in [0.15, 0.2) is 0 Å². The summed E-state index contributed by atoms with van der Waals surface area (Å²) in [5.41, 5.74) is 0. The minimum Gasteiger partial charge on any atom is -0.395 e. The Bertz CT molecular complexity index is 96.5. The Morgan fingerprint density at radius 3 is 2.50 bits per heavy atom. The number of nitrogens with one attached hydrogen (secondary N) is 1. The van der Waals surface area contributed by atoms with Crippen molar-refractivity contribution in [2.75, 3.05) is 39.8 Å². The van der Waals surface area contributed by atoms with Crippen LogP contribution in [-0.4, -0.2) is 49.8 Å². The van der Waals surface area contributed by atoms with Crippen LogP contribution in [-0.2, 0) is 0 Å². The van der Waals surface area contributed by atoms with Crippen molar-refractivity contribution >= 4 is 0 Å². The average molecular weight is 174 g/mol. The second kappa shape index (κ2) is 7.53. The molecule has 0 saturated heterocycles. The van der Waals surface area contributed by atoms with Gasteiger partial charge >= 0.3 is 0 Å². The molecule has 0 aromatic carbocycles. The first kappa shape index (κ1) is 11.9. The Morgan fingerprint density at radius 1 is 1.33 bits per heavy atom. The number of aliphatic hydroxyl groups is 1. The van der Waals surface area contributed by atoms with Crippen molar-refractivity contribution in [3.05, 3.63) is 0 Å². The third-order valence-electron chi connectivity index (χ3n) is 1.70. The summed E-state index contributed by atoms with van der Waals surface area (Å²) >= 11 is 0. The SMILES string of the molecule is CC(C)CNCCN(C)CCO. The van der Waals surface area contributed by atoms with Gasteiger partial charge in [0.25, 0.3) is 0 Å². The highest BCUT2D eigenvalue weighted by atomic mass is 16.3. The van der Waals surface area contributed by atoms with E-state index in [4.69, 9.17) is 5.11 Å². The number of hydrogen-bond donors (Lipinski definition) is 2. The summed E-state index contributed by atoms with van der Waals surface area (Å²) in [4.78, 5) is 2.12. The van der Waals surface area contributed by atoms with E-state index in [1.165, 1.54) is 0 Å². The molecule has 0 spiro atoms. The minimum atomic E-state index is 0.251. The molecule has 0 aliphatic carbocycles. The van der Waals surface area contributed by atoms with Crippen molar-refractivity contribution in [2.45, 2.75) is 13.8 Å². The lowest BCUT2D eigenvalue weighted by molar-refractivity contribution is 0.221. The van der Waals surface area contributed by atoms with E-state index >= 15 is 0 Å². The third-order valence-corrected chi connectivity index (χ3v) is 1.70. The standard InChI is InChI=1S/C9H22N2O/c1-9(2)8-10-4-5-11(3)6-7-12/h9-10,12H,4-8H2,1-3H3. The number of aliphatic hydroxyl groups excluding tert-OH is 1. The van der Waals surface area contributed by atoms with E-state index < -0.39 is 0 Å². The molecule has 3 heteroatoms. The van der Waals surface area contributed by atoms with E-state index in [9.17, 15) is 0 Å². The molecule has 0 radical (unpaired) electrons. The fourth-order valence-electron chi connectivity index (χ4n) is 0.943. The van der Waals surface area contributed by atoms with Crippen LogP contribution in [0.1, 0.15) is 13.8 Å². The lowest BCUT2D eigenvalue weighted by atomic mass is 10.2. The summed E-state index contributed by atoms with van der Waals surface area (Å²) in [5, 5.41) is 12.0. The summed E-state index contributed by atoms with van der Waals surface area (Å²) in [6.45, 7) is 8.51. The average Bonchev–Trinajstić information content (AvgIpc) is 1.98. The molecule has 12 heavy (non-hydrogen) atoms. The minimum absolute atomic E-state index is 0.251. The topological polar surface area (TPSA) is 35.5 Å². The van der Waals surface area contributed by atoms with Crippen LogP contribution < -0.4 is 5.32 Å². The molecule has 0 heterocycles. The van der Waals surface area contributed by atoms with Gasteiger partial charge in [-0.2, -0.15) is 0 Å². The number of nitrogens with zero attached hydrogens (tertiary/aromatic N) is 1. The zero-order valence-corrected chi connectivity index (χ0v) is 8.51. The van der Waals surface area contributed by atoms with Crippen LogP contribution in [0.5, 0.6) is 0 Å². The second-order valence-corrected chi connectivity index (χ2v) is 3.62. The van der Waals surface area contributed by atoms with Crippen molar-refractivity contribution in [3.8, 4) is 0 Å². The lowest BCUT2D eigenvalue weighted by Gasteiger charge is -2.15. The molecule has 0 aromatic heterocycles. The molecule has 0 atom stereocenters. The highest BCUT2D eigenvalue weighted by Gasteiger charge is 1.96. The van der Waals surface area contributed by atoms with Crippen molar-refractivity contribution in [1.82, 2.24) is 10.2 Å². The Labute approximate surface area is 75.8 Å². The first-order chi connectivity index (χ1) is 5.66. The van der Waals surface area contributed by atoms with Crippen molar-refractivity contribution in [1.29, 1.82) is 0 Å². The van der Waals surface area contributed by atoms with Gasteiger partial charge in [-0.1, -0.05) is 13.8 Å². The number of rotatable bonds is 7. The van der Waals surface area contributed by atoms with Crippen LogP contribution in [0.25, 0.3) is 0 Å². The smallest absolute Gasteiger partial charge is 0.0558 e. The molecular formula is C9H22N2O. The predicted octanol–water partition coefficient (Wildman–Crippen LogP) is 0.156. The van der Waals surface area contributed by atoms with Gasteiger partial charge in [0.1, 0.15) is 0 Å². The van der Waals surface area contributed by atoms with Gasteiger partial charge in [0, 0.05) is 19.6 Å². The summed E-state index contributed by atoms with van der Waals surface area (Å²) in [7, 11) is 2.02. The lowest BCUT2D eigenvalue weighted by Crippen LogP contribution is -2.32. The number of likely N-dealkylation sites (N-methyl/N-ethyl adjacent to an activating group) is 1. The highest BCUT2D eigenvalue weighted by molar-refractivity contribution is 4.55. The van der Waals surface area contributed by atoms with Gasteiger partial charge < -0.3 is 15.3 Å². The molecule has 0 aliphatic heterocycles. The molecule has 3 nitrogen and oxygen atoms in total. The molecule has 0 aromatic rings. The van der Waals surface area contributed by atoms with Gasteiger partial charge in [0.15, 0.2) is 0 Å². The summed E-state index contributed by atoms with van der Waals surface area (Å²) in [6, 6.07) is 0. The molecule has 74 valence electrons. The Kier molecular flexibility index (Phi) is 7.45. The maximum atomic E-state index is 8.62. The maximum Gasteiger partial charge on any atom is 0.0558 e. The summed E-state index contributed by atoms with van der Waals surface area (Å²) in [6.07, 6.45) is 0. The van der Waals surface area contributed by atoms with Crippen molar-refractivity contribution in [3.63, 3.8) is 0 Å². The number of hydrogen-bond acceptors (Lipinski definition) is 3. The molecular weight excluding hydrogens is 152 g/mol. The molecule has 2 N–H and O–H groups in total. The monoisotopic (exact) mass is 174 g/mol. The molecule has 0 unspecified atom stereocenters. The zero-order valence-electron chi connectivity index (χ0n) is 8.51. The van der Waals surface area contributed by atoms with Crippen LogP contribution in [0.4, 0.5) is 0 Å². The predicted molar refractivity (Wildman–Crippen MR) is 52.3 cm³/mol. The molecule has 0 amide bonds. The van der Waals surface area contributed by atoms with Gasteiger partial charge in [-0.15, -0.1) is 0 Å². The molecule has 0 rings (SSSR count). The Hall–Kier alpha value is -0.120. The van der Waals surface area contributed by atoms with Crippen LogP contribution >= 0.6 is 0 Å². The Balaban J connectivity index is 3.08. The van der Waals surface area contributed by atoms with E-state index in [1.807, 2.05) is 7.05 Å². The zero-order chi connectivity index (χ0) is 9.40. The fourth-order valence-corrected chi connectivity index (χ4v) is 0.943. The van der Waals surface area contributed by atoms with Crippen LogP contribution in [0.3, 0.4) is 0 Å². The fraction of sp³-hybridized carbons (Fsp3) is 1.00. The van der Waals surface area contributed by atoms with Gasteiger partial charge in [0.05, 0.1) is 6.61 Å². The second-order valence-electron chi connectivity index (χ2n) is 3.62. The van der Waals surface area contributed by atoms with Gasteiger partial charge in [-0.25, -0.2) is 0 Å². The Morgan fingerprint density at radius 2 is 2.00 bits per heavy atom. The first-order valence-electron chi connectivity index (χ1n) is 4.67. The molecule has 0 aliphatic rings. The van der Waals surface area contributed by atoms with Crippen molar-refractivity contribution in [2.24, 2.45) is 5.92 Å². The first-order valence-corrected chi connectivity index (χ1v) is 4.67. The molecule has 0 saturated carbocycles. The van der Waals surface area contributed by atoms with Crippen LogP contribution in [0.2, 0.25) is 0 Å². The largest absolute Gasteiger partial charge is 0.395 e.